The summed E-state index contributed by atoms with van der Waals surface area (Å²) in [4.78, 5) is 24.9. The third kappa shape index (κ3) is 9.33. The molecule has 5 nitrogen and oxygen atoms in total. The lowest BCUT2D eigenvalue weighted by atomic mass is 10.0. The van der Waals surface area contributed by atoms with Crippen molar-refractivity contribution in [2.75, 3.05) is 26.3 Å². The molecule has 152 valence electrons. The van der Waals surface area contributed by atoms with Gasteiger partial charge in [-0.05, 0) is 51.7 Å². The van der Waals surface area contributed by atoms with Crippen molar-refractivity contribution >= 4 is 42.0 Å². The standard InChI is InChI=1S/C19H36NO4S2/c1-5-9-11-13-20(26,14-12-10-6-2)18(25)16(19(22)24-8-4)15-17(21)23-7-3/h16,26H,5-15H2,1-4H3/q+1. The molecule has 0 radical (unpaired) electrons. The van der Waals surface area contributed by atoms with Gasteiger partial charge >= 0.3 is 11.9 Å². The third-order valence-electron chi connectivity index (χ3n) is 4.22. The maximum atomic E-state index is 12.5. The fraction of sp³-hybridized carbons (Fsp3) is 0.842. The number of ether oxygens (including phenoxy) is 2. The van der Waals surface area contributed by atoms with Crippen molar-refractivity contribution in [1.82, 2.24) is 0 Å². The summed E-state index contributed by atoms with van der Waals surface area (Å²) in [5.74, 6) is -1.70. The van der Waals surface area contributed by atoms with Crippen LogP contribution < -0.4 is 0 Å². The van der Waals surface area contributed by atoms with Crippen LogP contribution >= 0.6 is 25.0 Å². The smallest absolute Gasteiger partial charge is 0.320 e. The molecule has 0 fully saturated rings. The lowest BCUT2D eigenvalue weighted by Gasteiger charge is -2.34. The molecule has 0 aromatic carbocycles. The monoisotopic (exact) mass is 406 g/mol. The van der Waals surface area contributed by atoms with Gasteiger partial charge in [0.15, 0.2) is 5.92 Å². The van der Waals surface area contributed by atoms with Crippen molar-refractivity contribution in [3.8, 4) is 0 Å². The Balaban J connectivity index is 5.39. The first-order valence-corrected chi connectivity index (χ1v) is 10.6. The van der Waals surface area contributed by atoms with Crippen molar-refractivity contribution in [2.24, 2.45) is 5.92 Å². The molecule has 0 saturated carbocycles. The molecular formula is C19H36NO4S2+. The lowest BCUT2D eigenvalue weighted by molar-refractivity contribution is -0.696. The molecule has 0 spiro atoms. The highest BCUT2D eigenvalue weighted by Crippen LogP contribution is 2.26. The Kier molecular flexibility index (Phi) is 14.0. The van der Waals surface area contributed by atoms with E-state index in [9.17, 15) is 9.59 Å². The Morgan fingerprint density at radius 2 is 1.42 bits per heavy atom. The maximum Gasteiger partial charge on any atom is 0.320 e. The first-order chi connectivity index (χ1) is 12.4. The Hall–Kier alpha value is -0.660. The molecule has 0 aliphatic heterocycles. The van der Waals surface area contributed by atoms with Gasteiger partial charge in [0, 0.05) is 0 Å². The normalized spacial score (nSPS) is 12.5. The van der Waals surface area contributed by atoms with Crippen LogP contribution in [-0.2, 0) is 19.1 Å². The summed E-state index contributed by atoms with van der Waals surface area (Å²) in [6, 6.07) is 0. The minimum atomic E-state index is -0.801. The molecule has 7 heteroatoms. The molecular weight excluding hydrogens is 370 g/mol. The van der Waals surface area contributed by atoms with Gasteiger partial charge in [0.1, 0.15) is 0 Å². The topological polar surface area (TPSA) is 52.6 Å². The average Bonchev–Trinajstić information content (AvgIpc) is 2.60. The number of hydrogen-bond donors (Lipinski definition) is 1. The van der Waals surface area contributed by atoms with Crippen molar-refractivity contribution in [2.45, 2.75) is 72.6 Å². The summed E-state index contributed by atoms with van der Waals surface area (Å²) in [5.41, 5.74) is 0. The fourth-order valence-electron chi connectivity index (χ4n) is 2.77. The van der Waals surface area contributed by atoms with Crippen molar-refractivity contribution in [3.05, 3.63) is 0 Å². The largest absolute Gasteiger partial charge is 0.466 e. The van der Waals surface area contributed by atoms with Crippen LogP contribution in [0.4, 0.5) is 0 Å². The van der Waals surface area contributed by atoms with Crippen LogP contribution in [-0.4, -0.2) is 47.1 Å². The van der Waals surface area contributed by atoms with Gasteiger partial charge in [0.25, 0.3) is 0 Å². The second-order valence-corrected chi connectivity index (χ2v) is 7.62. The molecule has 26 heavy (non-hydrogen) atoms. The number of esters is 2. The summed E-state index contributed by atoms with van der Waals surface area (Å²) in [5, 5.41) is 0. The van der Waals surface area contributed by atoms with Crippen LogP contribution in [0.2, 0.25) is 0 Å². The molecule has 0 aliphatic rings. The average molecular weight is 407 g/mol. The molecule has 0 rings (SSSR count). The predicted octanol–water partition coefficient (Wildman–Crippen LogP) is 4.49. The highest BCUT2D eigenvalue weighted by molar-refractivity contribution is 7.82. The van der Waals surface area contributed by atoms with Gasteiger partial charge < -0.3 is 9.47 Å². The SMILES string of the molecule is CCCCC[N+](S)(CCCCC)C(=S)C(CC(=O)OCC)C(=O)OCC. The first-order valence-electron chi connectivity index (χ1n) is 9.82. The molecule has 0 N–H and O–H groups in total. The van der Waals surface area contributed by atoms with Crippen LogP contribution in [0.1, 0.15) is 72.6 Å². The first kappa shape index (κ1) is 25.3. The van der Waals surface area contributed by atoms with Crippen LogP contribution in [0.3, 0.4) is 0 Å². The zero-order valence-electron chi connectivity index (χ0n) is 16.8. The number of thiol groups is 1. The lowest BCUT2D eigenvalue weighted by Crippen LogP contribution is -2.50. The van der Waals surface area contributed by atoms with E-state index in [1.165, 1.54) is 0 Å². The van der Waals surface area contributed by atoms with Gasteiger partial charge in [0.2, 0.25) is 4.99 Å². The van der Waals surface area contributed by atoms with E-state index in [1.807, 2.05) is 0 Å². The zero-order chi connectivity index (χ0) is 20.0. The third-order valence-corrected chi connectivity index (χ3v) is 5.60. The van der Waals surface area contributed by atoms with E-state index in [4.69, 9.17) is 34.5 Å². The summed E-state index contributed by atoms with van der Waals surface area (Å²) < 4.78 is 10.4. The summed E-state index contributed by atoms with van der Waals surface area (Å²) in [7, 11) is 0. The van der Waals surface area contributed by atoms with E-state index in [1.54, 1.807) is 13.8 Å². The number of unbranched alkanes of at least 4 members (excludes halogenated alkanes) is 4. The molecule has 1 atom stereocenters. The quantitative estimate of drug-likeness (QED) is 0.151. The fourth-order valence-corrected chi connectivity index (χ4v) is 3.55. The molecule has 0 aromatic heterocycles. The Labute approximate surface area is 169 Å². The molecule has 0 aliphatic carbocycles. The van der Waals surface area contributed by atoms with Gasteiger partial charge in [-0.15, -0.1) is 0 Å². The van der Waals surface area contributed by atoms with Crippen molar-refractivity contribution in [3.63, 3.8) is 0 Å². The number of quaternary nitrogens is 1. The molecule has 0 saturated heterocycles. The second kappa shape index (κ2) is 14.4. The van der Waals surface area contributed by atoms with Gasteiger partial charge in [-0.25, -0.2) is 3.89 Å². The minimum absolute atomic E-state index is 0.0897. The van der Waals surface area contributed by atoms with Gasteiger partial charge in [-0.2, -0.15) is 0 Å². The zero-order valence-corrected chi connectivity index (χ0v) is 18.5. The molecule has 0 bridgehead atoms. The van der Waals surface area contributed by atoms with E-state index < -0.39 is 17.9 Å². The number of carbonyl (C=O) groups excluding carboxylic acids is 2. The molecule has 0 aromatic rings. The van der Waals surface area contributed by atoms with Crippen LogP contribution in [0.5, 0.6) is 0 Å². The maximum absolute atomic E-state index is 12.5. The highest BCUT2D eigenvalue weighted by atomic mass is 32.1. The predicted molar refractivity (Wildman–Crippen MR) is 112 cm³/mol. The highest BCUT2D eigenvalue weighted by Gasteiger charge is 2.41. The van der Waals surface area contributed by atoms with E-state index in [0.717, 1.165) is 51.6 Å². The van der Waals surface area contributed by atoms with Gasteiger partial charge in [-0.3, -0.25) is 9.59 Å². The Morgan fingerprint density at radius 1 is 0.923 bits per heavy atom. The Morgan fingerprint density at radius 3 is 1.85 bits per heavy atom. The minimum Gasteiger partial charge on any atom is -0.466 e. The van der Waals surface area contributed by atoms with Crippen molar-refractivity contribution < 1.29 is 23.0 Å². The Bertz CT molecular complexity index is 433. The van der Waals surface area contributed by atoms with Crippen LogP contribution in [0.25, 0.3) is 0 Å². The number of thiocarbonyl (C=S) groups is 1. The molecule has 0 heterocycles. The number of rotatable bonds is 14. The second-order valence-electron chi connectivity index (χ2n) is 6.44. The van der Waals surface area contributed by atoms with E-state index in [0.29, 0.717) is 4.99 Å². The van der Waals surface area contributed by atoms with E-state index in [2.05, 4.69) is 13.8 Å². The summed E-state index contributed by atoms with van der Waals surface area (Å²) >= 11 is 10.6. The van der Waals surface area contributed by atoms with Gasteiger partial charge in [0.05, 0.1) is 45.5 Å². The number of carbonyl (C=O) groups is 2. The van der Waals surface area contributed by atoms with E-state index >= 15 is 0 Å². The summed E-state index contributed by atoms with van der Waals surface area (Å²) in [6.07, 6.45) is 6.22. The van der Waals surface area contributed by atoms with Crippen LogP contribution in [0, 0.1) is 5.92 Å². The van der Waals surface area contributed by atoms with Crippen molar-refractivity contribution in [1.29, 1.82) is 0 Å². The summed E-state index contributed by atoms with van der Waals surface area (Å²) in [6.45, 7) is 9.79. The number of nitrogens with zero attached hydrogens (tertiary/aromatic N) is 1. The molecule has 0 amide bonds. The number of hydrogen-bond acceptors (Lipinski definition) is 6. The molecule has 1 unspecified atom stereocenters. The van der Waals surface area contributed by atoms with Crippen LogP contribution in [0.15, 0.2) is 0 Å². The van der Waals surface area contributed by atoms with Gasteiger partial charge in [-0.1, -0.05) is 26.7 Å². The van der Waals surface area contributed by atoms with E-state index in [-0.39, 0.29) is 23.5 Å².